The largest absolute Gasteiger partial charge is 0.454 e. The predicted molar refractivity (Wildman–Crippen MR) is 74.0 cm³/mol. The zero-order chi connectivity index (χ0) is 13.2. The van der Waals surface area contributed by atoms with E-state index in [4.69, 9.17) is 9.47 Å². The number of halogens is 2. The Morgan fingerprint density at radius 1 is 1.16 bits per heavy atom. The van der Waals surface area contributed by atoms with Gasteiger partial charge >= 0.3 is 0 Å². The molecule has 0 unspecified atom stereocenters. The third kappa shape index (κ3) is 2.38. The molecule has 1 N–H and O–H groups in total. The van der Waals surface area contributed by atoms with Crippen LogP contribution >= 0.6 is 15.9 Å². The second kappa shape index (κ2) is 5.09. The van der Waals surface area contributed by atoms with E-state index in [2.05, 4.69) is 21.2 Å². The predicted octanol–water partition coefficient (Wildman–Crippen LogP) is 3.93. The third-order valence-electron chi connectivity index (χ3n) is 2.90. The molecule has 0 aliphatic carbocycles. The van der Waals surface area contributed by atoms with Crippen LogP contribution in [0.5, 0.6) is 11.5 Å². The minimum atomic E-state index is -0.292. The number of para-hydroxylation sites is 2. The maximum Gasteiger partial charge on any atom is 0.231 e. The lowest BCUT2D eigenvalue weighted by atomic mass is 10.2. The standard InChI is InChI=1S/C14H11BrFNO2/c15-10-4-2-5-11(16)13(10)17-7-9-3-1-6-12-14(9)19-8-18-12/h1-6,17H,7-8H2. The summed E-state index contributed by atoms with van der Waals surface area (Å²) in [6.45, 7) is 0.696. The first kappa shape index (κ1) is 12.3. The van der Waals surface area contributed by atoms with E-state index in [1.165, 1.54) is 6.07 Å². The van der Waals surface area contributed by atoms with Crippen LogP contribution in [0.15, 0.2) is 40.9 Å². The fourth-order valence-corrected chi connectivity index (χ4v) is 2.46. The number of benzene rings is 2. The van der Waals surface area contributed by atoms with E-state index in [9.17, 15) is 4.39 Å². The maximum absolute atomic E-state index is 13.7. The molecule has 2 aromatic carbocycles. The van der Waals surface area contributed by atoms with Crippen molar-refractivity contribution >= 4 is 21.6 Å². The summed E-state index contributed by atoms with van der Waals surface area (Å²) in [5.41, 5.74) is 1.38. The summed E-state index contributed by atoms with van der Waals surface area (Å²) < 4.78 is 25.1. The smallest absolute Gasteiger partial charge is 0.231 e. The van der Waals surface area contributed by atoms with Crippen molar-refractivity contribution in [3.63, 3.8) is 0 Å². The van der Waals surface area contributed by atoms with Gasteiger partial charge in [0.1, 0.15) is 5.82 Å². The molecule has 0 aromatic heterocycles. The zero-order valence-corrected chi connectivity index (χ0v) is 11.5. The van der Waals surface area contributed by atoms with Crippen LogP contribution in [0.3, 0.4) is 0 Å². The molecule has 0 saturated carbocycles. The van der Waals surface area contributed by atoms with Gasteiger partial charge in [-0.15, -0.1) is 0 Å². The van der Waals surface area contributed by atoms with Crippen LogP contribution in [0.25, 0.3) is 0 Å². The Balaban J connectivity index is 1.82. The summed E-state index contributed by atoms with van der Waals surface area (Å²) in [6.07, 6.45) is 0. The lowest BCUT2D eigenvalue weighted by Gasteiger charge is -2.11. The van der Waals surface area contributed by atoms with Crippen LogP contribution in [0.2, 0.25) is 0 Å². The van der Waals surface area contributed by atoms with Gasteiger partial charge < -0.3 is 14.8 Å². The second-order valence-corrected chi connectivity index (χ2v) is 4.96. The highest BCUT2D eigenvalue weighted by molar-refractivity contribution is 9.10. The molecule has 0 saturated heterocycles. The van der Waals surface area contributed by atoms with Gasteiger partial charge in [0.2, 0.25) is 6.79 Å². The molecule has 98 valence electrons. The number of hydrogen-bond acceptors (Lipinski definition) is 3. The summed E-state index contributed by atoms with van der Waals surface area (Å²) in [5.74, 6) is 1.16. The zero-order valence-electron chi connectivity index (χ0n) is 9.95. The first-order valence-electron chi connectivity index (χ1n) is 5.81. The van der Waals surface area contributed by atoms with Crippen molar-refractivity contribution in [2.45, 2.75) is 6.54 Å². The molecule has 5 heteroatoms. The van der Waals surface area contributed by atoms with Crippen molar-refractivity contribution in [1.29, 1.82) is 0 Å². The molecule has 19 heavy (non-hydrogen) atoms. The van der Waals surface area contributed by atoms with Crippen LogP contribution in [0, 0.1) is 5.82 Å². The summed E-state index contributed by atoms with van der Waals surface area (Å²) >= 11 is 3.32. The van der Waals surface area contributed by atoms with E-state index in [0.717, 1.165) is 17.1 Å². The SMILES string of the molecule is Fc1cccc(Br)c1NCc1cccc2c1OCO2. The summed E-state index contributed by atoms with van der Waals surface area (Å²) in [4.78, 5) is 0. The minimum absolute atomic E-state index is 0.232. The van der Waals surface area contributed by atoms with Gasteiger partial charge in [0.15, 0.2) is 11.5 Å². The molecule has 0 bridgehead atoms. The minimum Gasteiger partial charge on any atom is -0.454 e. The van der Waals surface area contributed by atoms with Crippen molar-refractivity contribution in [3.05, 3.63) is 52.3 Å². The average Bonchev–Trinajstić information content (AvgIpc) is 2.87. The topological polar surface area (TPSA) is 30.5 Å². The molecule has 0 spiro atoms. The Morgan fingerprint density at radius 2 is 2.00 bits per heavy atom. The van der Waals surface area contributed by atoms with E-state index in [-0.39, 0.29) is 12.6 Å². The van der Waals surface area contributed by atoms with E-state index in [0.29, 0.717) is 16.7 Å². The van der Waals surface area contributed by atoms with Crippen LogP contribution in [0.1, 0.15) is 5.56 Å². The van der Waals surface area contributed by atoms with Gasteiger partial charge in [-0.05, 0) is 34.1 Å². The van der Waals surface area contributed by atoms with Crippen LogP contribution in [0.4, 0.5) is 10.1 Å². The van der Waals surface area contributed by atoms with Gasteiger partial charge in [-0.2, -0.15) is 0 Å². The molecule has 1 heterocycles. The van der Waals surface area contributed by atoms with E-state index in [1.54, 1.807) is 12.1 Å². The van der Waals surface area contributed by atoms with E-state index >= 15 is 0 Å². The van der Waals surface area contributed by atoms with Crippen LogP contribution in [-0.4, -0.2) is 6.79 Å². The highest BCUT2D eigenvalue weighted by atomic mass is 79.9. The van der Waals surface area contributed by atoms with Crippen molar-refractivity contribution in [2.75, 3.05) is 12.1 Å². The molecule has 1 aliphatic heterocycles. The first-order valence-corrected chi connectivity index (χ1v) is 6.60. The Kier molecular flexibility index (Phi) is 3.29. The van der Waals surface area contributed by atoms with Crippen molar-refractivity contribution < 1.29 is 13.9 Å². The Labute approximate surface area is 118 Å². The molecule has 3 nitrogen and oxygen atoms in total. The molecule has 0 radical (unpaired) electrons. The van der Waals surface area contributed by atoms with E-state index in [1.807, 2.05) is 18.2 Å². The molecule has 3 rings (SSSR count). The molecule has 0 fully saturated rings. The van der Waals surface area contributed by atoms with Crippen molar-refractivity contribution in [1.82, 2.24) is 0 Å². The second-order valence-electron chi connectivity index (χ2n) is 4.10. The van der Waals surface area contributed by atoms with Crippen molar-refractivity contribution in [2.24, 2.45) is 0 Å². The van der Waals surface area contributed by atoms with Gasteiger partial charge in [-0.3, -0.25) is 0 Å². The van der Waals surface area contributed by atoms with Crippen LogP contribution in [-0.2, 0) is 6.54 Å². The summed E-state index contributed by atoms with van der Waals surface area (Å²) in [5, 5.41) is 3.07. The Hall–Kier alpha value is -1.75. The fourth-order valence-electron chi connectivity index (χ4n) is 1.98. The number of fused-ring (bicyclic) bond motifs is 1. The third-order valence-corrected chi connectivity index (χ3v) is 3.56. The Morgan fingerprint density at radius 3 is 2.84 bits per heavy atom. The van der Waals surface area contributed by atoms with Gasteiger partial charge in [0.25, 0.3) is 0 Å². The molecular weight excluding hydrogens is 313 g/mol. The van der Waals surface area contributed by atoms with Crippen LogP contribution < -0.4 is 14.8 Å². The molecule has 0 amide bonds. The van der Waals surface area contributed by atoms with Gasteiger partial charge in [0.05, 0.1) is 5.69 Å². The molecule has 2 aromatic rings. The fraction of sp³-hybridized carbons (Fsp3) is 0.143. The first-order chi connectivity index (χ1) is 9.25. The quantitative estimate of drug-likeness (QED) is 0.928. The number of rotatable bonds is 3. The number of nitrogens with one attached hydrogen (secondary N) is 1. The normalized spacial score (nSPS) is 12.5. The van der Waals surface area contributed by atoms with Gasteiger partial charge in [-0.1, -0.05) is 18.2 Å². The van der Waals surface area contributed by atoms with Gasteiger partial charge in [0, 0.05) is 16.6 Å². The Bertz CT molecular complexity index is 598. The maximum atomic E-state index is 13.7. The number of anilines is 1. The monoisotopic (exact) mass is 323 g/mol. The summed E-state index contributed by atoms with van der Waals surface area (Å²) in [6, 6.07) is 10.5. The molecule has 0 atom stereocenters. The lowest BCUT2D eigenvalue weighted by Crippen LogP contribution is -2.03. The molecular formula is C14H11BrFNO2. The lowest BCUT2D eigenvalue weighted by molar-refractivity contribution is 0.173. The van der Waals surface area contributed by atoms with Gasteiger partial charge in [-0.25, -0.2) is 4.39 Å². The summed E-state index contributed by atoms with van der Waals surface area (Å²) in [7, 11) is 0. The number of hydrogen-bond donors (Lipinski definition) is 1. The highest BCUT2D eigenvalue weighted by Crippen LogP contribution is 2.36. The van der Waals surface area contributed by atoms with Crippen molar-refractivity contribution in [3.8, 4) is 11.5 Å². The average molecular weight is 324 g/mol. The highest BCUT2D eigenvalue weighted by Gasteiger charge is 2.17. The van der Waals surface area contributed by atoms with E-state index < -0.39 is 0 Å². The molecule has 1 aliphatic rings. The number of ether oxygens (including phenoxy) is 2.